The van der Waals surface area contributed by atoms with Gasteiger partial charge in [0, 0.05) is 50.1 Å². The SMILES string of the molecule is CC(C)(C)c1ccc2c(c1)c1cc(C(C)(C)C)ccc1n2-c1cccc(N(c2cc(C(=O)c3ccccc3)cc(-c3ccccc3)c2)c2c(-c3ccccc3)cccc2-c2ccccc2)c1. The van der Waals surface area contributed by atoms with Crippen LogP contribution in [-0.4, -0.2) is 10.4 Å². The number of nitrogens with zero attached hydrogens (tertiary/aromatic N) is 2. The number of fused-ring (bicyclic) bond motifs is 3. The number of para-hydroxylation sites is 1. The zero-order chi connectivity index (χ0) is 45.6. The van der Waals surface area contributed by atoms with E-state index in [4.69, 9.17) is 0 Å². The topological polar surface area (TPSA) is 25.2 Å². The maximum atomic E-state index is 14.7. The fourth-order valence-electron chi connectivity index (χ4n) is 9.32. The van der Waals surface area contributed by atoms with Gasteiger partial charge in [0.25, 0.3) is 0 Å². The Labute approximate surface area is 389 Å². The average molecular weight is 855 g/mol. The molecule has 0 saturated carbocycles. The van der Waals surface area contributed by atoms with Crippen molar-refractivity contribution in [3.8, 4) is 39.1 Å². The molecular weight excluding hydrogens is 801 g/mol. The van der Waals surface area contributed by atoms with Crippen molar-refractivity contribution >= 4 is 44.7 Å². The molecule has 0 radical (unpaired) electrons. The second-order valence-electron chi connectivity index (χ2n) is 19.4. The van der Waals surface area contributed by atoms with Crippen LogP contribution in [0.25, 0.3) is 60.9 Å². The van der Waals surface area contributed by atoms with Crippen molar-refractivity contribution in [1.29, 1.82) is 0 Å². The number of carbonyl (C=O) groups is 1. The average Bonchev–Trinajstić information content (AvgIpc) is 3.68. The third-order valence-electron chi connectivity index (χ3n) is 12.9. The lowest BCUT2D eigenvalue weighted by molar-refractivity contribution is 0.103. The molecule has 10 aromatic rings. The Morgan fingerprint density at radius 2 is 0.879 bits per heavy atom. The molecule has 0 N–H and O–H groups in total. The van der Waals surface area contributed by atoms with E-state index in [9.17, 15) is 4.79 Å². The van der Waals surface area contributed by atoms with Crippen molar-refractivity contribution in [2.45, 2.75) is 52.4 Å². The lowest BCUT2D eigenvalue weighted by Crippen LogP contribution is -2.14. The van der Waals surface area contributed by atoms with Crippen LogP contribution in [0.3, 0.4) is 0 Å². The second kappa shape index (κ2) is 17.0. The molecule has 3 heteroatoms. The lowest BCUT2D eigenvalue weighted by atomic mass is 9.85. The second-order valence-corrected chi connectivity index (χ2v) is 19.4. The number of aromatic nitrogens is 1. The Hall–Kier alpha value is -7.75. The number of hydrogen-bond acceptors (Lipinski definition) is 2. The standard InChI is InChI=1S/C63H54N2O/c1-62(2,3)49-33-35-58-56(40-49)57-41-50(63(4,5)6)34-36-59(57)65(58)52-30-19-29-51(42-52)64(60-54(44-23-13-8-14-24-44)31-20-32-55(60)45-25-15-9-16-26-45)53-38-47(43-21-11-7-12-22-43)37-48(39-53)61(66)46-27-17-10-18-28-46/h7-42H,1-6H3. The summed E-state index contributed by atoms with van der Waals surface area (Å²) in [6.07, 6.45) is 0. The minimum absolute atomic E-state index is 0.0116. The molecule has 0 aliphatic rings. The normalized spacial score (nSPS) is 11.8. The van der Waals surface area contributed by atoms with Crippen molar-refractivity contribution < 1.29 is 4.79 Å². The summed E-state index contributed by atoms with van der Waals surface area (Å²) in [6, 6.07) is 77.1. The lowest BCUT2D eigenvalue weighted by Gasteiger charge is -2.31. The highest BCUT2D eigenvalue weighted by molar-refractivity contribution is 6.12. The van der Waals surface area contributed by atoms with Gasteiger partial charge in [-0.2, -0.15) is 0 Å². The molecule has 3 nitrogen and oxygen atoms in total. The fraction of sp³-hybridized carbons (Fsp3) is 0.127. The first kappa shape index (κ1) is 42.2. The number of hydrogen-bond donors (Lipinski definition) is 0. The highest BCUT2D eigenvalue weighted by Crippen LogP contribution is 2.48. The van der Waals surface area contributed by atoms with Crippen LogP contribution < -0.4 is 4.90 Å². The Morgan fingerprint density at radius 3 is 1.39 bits per heavy atom. The van der Waals surface area contributed by atoms with Gasteiger partial charge in [-0.1, -0.05) is 199 Å². The monoisotopic (exact) mass is 854 g/mol. The van der Waals surface area contributed by atoms with Gasteiger partial charge in [0.1, 0.15) is 0 Å². The minimum Gasteiger partial charge on any atom is -0.309 e. The Bertz CT molecular complexity index is 3240. The molecule has 0 amide bonds. The van der Waals surface area contributed by atoms with Gasteiger partial charge in [-0.25, -0.2) is 0 Å². The van der Waals surface area contributed by atoms with Crippen molar-refractivity contribution in [1.82, 2.24) is 4.57 Å². The van der Waals surface area contributed by atoms with Gasteiger partial charge in [-0.3, -0.25) is 4.79 Å². The summed E-state index contributed by atoms with van der Waals surface area (Å²) in [4.78, 5) is 17.0. The number of benzene rings is 9. The largest absolute Gasteiger partial charge is 0.309 e. The fourth-order valence-corrected chi connectivity index (χ4v) is 9.32. The summed E-state index contributed by atoms with van der Waals surface area (Å²) < 4.78 is 2.43. The molecule has 0 spiro atoms. The van der Waals surface area contributed by atoms with Crippen molar-refractivity contribution in [2.24, 2.45) is 0 Å². The summed E-state index contributed by atoms with van der Waals surface area (Å²) in [7, 11) is 0. The van der Waals surface area contributed by atoms with E-state index in [1.807, 2.05) is 42.5 Å². The van der Waals surface area contributed by atoms with Gasteiger partial charge in [0.05, 0.1) is 16.7 Å². The summed E-state index contributed by atoms with van der Waals surface area (Å²) in [5.74, 6) is -0.0301. The molecule has 0 fully saturated rings. The molecule has 0 bridgehead atoms. The van der Waals surface area contributed by atoms with Gasteiger partial charge in [-0.05, 0) is 105 Å². The van der Waals surface area contributed by atoms with E-state index in [0.29, 0.717) is 11.1 Å². The quantitative estimate of drug-likeness (QED) is 0.135. The van der Waals surface area contributed by atoms with Gasteiger partial charge < -0.3 is 9.47 Å². The van der Waals surface area contributed by atoms with E-state index in [-0.39, 0.29) is 16.6 Å². The van der Waals surface area contributed by atoms with E-state index >= 15 is 0 Å². The molecule has 0 aliphatic heterocycles. The molecule has 322 valence electrons. The maximum Gasteiger partial charge on any atom is 0.193 e. The zero-order valence-electron chi connectivity index (χ0n) is 38.6. The third kappa shape index (κ3) is 8.03. The smallest absolute Gasteiger partial charge is 0.193 e. The Balaban J connectivity index is 1.29. The van der Waals surface area contributed by atoms with Crippen LogP contribution in [-0.2, 0) is 10.8 Å². The molecule has 0 unspecified atom stereocenters. The molecule has 0 atom stereocenters. The third-order valence-corrected chi connectivity index (χ3v) is 12.9. The summed E-state index contributed by atoms with van der Waals surface area (Å²) >= 11 is 0. The van der Waals surface area contributed by atoms with Crippen molar-refractivity contribution in [2.75, 3.05) is 4.90 Å². The van der Waals surface area contributed by atoms with Crippen LogP contribution in [0.4, 0.5) is 17.1 Å². The predicted octanol–water partition coefficient (Wildman–Crippen LogP) is 17.1. The predicted molar refractivity (Wildman–Crippen MR) is 279 cm³/mol. The highest BCUT2D eigenvalue weighted by Gasteiger charge is 2.26. The Kier molecular flexibility index (Phi) is 10.9. The van der Waals surface area contributed by atoms with Crippen LogP contribution >= 0.6 is 0 Å². The Morgan fingerprint density at radius 1 is 0.394 bits per heavy atom. The molecule has 0 aliphatic carbocycles. The molecule has 9 aromatic carbocycles. The van der Waals surface area contributed by atoms with Crippen LogP contribution in [0.2, 0.25) is 0 Å². The van der Waals surface area contributed by atoms with Crippen LogP contribution in [0.15, 0.2) is 218 Å². The van der Waals surface area contributed by atoms with Gasteiger partial charge in [0.2, 0.25) is 0 Å². The summed E-state index contributed by atoms with van der Waals surface area (Å²) in [5, 5.41) is 2.48. The summed E-state index contributed by atoms with van der Waals surface area (Å²) in [6.45, 7) is 13.7. The van der Waals surface area contributed by atoms with E-state index in [1.165, 1.54) is 21.9 Å². The van der Waals surface area contributed by atoms with E-state index in [1.54, 1.807) is 0 Å². The van der Waals surface area contributed by atoms with Gasteiger partial charge in [0.15, 0.2) is 5.78 Å². The highest BCUT2D eigenvalue weighted by atomic mass is 16.1. The molecule has 66 heavy (non-hydrogen) atoms. The molecular formula is C63H54N2O. The zero-order valence-corrected chi connectivity index (χ0v) is 38.6. The van der Waals surface area contributed by atoms with E-state index < -0.39 is 0 Å². The molecule has 1 aromatic heterocycles. The van der Waals surface area contributed by atoms with Gasteiger partial charge >= 0.3 is 0 Å². The van der Waals surface area contributed by atoms with Crippen molar-refractivity contribution in [3.05, 3.63) is 241 Å². The van der Waals surface area contributed by atoms with E-state index in [0.717, 1.165) is 67.2 Å². The first-order chi connectivity index (χ1) is 31.9. The number of anilines is 3. The maximum absolute atomic E-state index is 14.7. The molecule has 0 saturated heterocycles. The molecule has 1 heterocycles. The number of ketones is 1. The van der Waals surface area contributed by atoms with Crippen LogP contribution in [0.5, 0.6) is 0 Å². The van der Waals surface area contributed by atoms with Crippen LogP contribution in [0.1, 0.15) is 68.6 Å². The summed E-state index contributed by atoms with van der Waals surface area (Å²) in [5.41, 5.74) is 16.4. The van der Waals surface area contributed by atoms with Crippen molar-refractivity contribution in [3.63, 3.8) is 0 Å². The number of rotatable bonds is 9. The number of carbonyl (C=O) groups excluding carboxylic acids is 1. The first-order valence-electron chi connectivity index (χ1n) is 23.0. The van der Waals surface area contributed by atoms with Gasteiger partial charge in [-0.15, -0.1) is 0 Å². The van der Waals surface area contributed by atoms with E-state index in [2.05, 4.69) is 227 Å². The molecule has 10 rings (SSSR count). The minimum atomic E-state index is -0.0301. The first-order valence-corrected chi connectivity index (χ1v) is 23.0. The van der Waals surface area contributed by atoms with Crippen LogP contribution in [0, 0.1) is 0 Å².